The van der Waals surface area contributed by atoms with Gasteiger partial charge < -0.3 is 14.0 Å². The molecule has 0 saturated carbocycles. The van der Waals surface area contributed by atoms with Crippen molar-refractivity contribution in [1.82, 2.24) is 9.88 Å². The van der Waals surface area contributed by atoms with Crippen molar-refractivity contribution in [3.05, 3.63) is 48.3 Å². The fourth-order valence-electron chi connectivity index (χ4n) is 3.59. The van der Waals surface area contributed by atoms with Crippen molar-refractivity contribution < 1.29 is 14.0 Å². The van der Waals surface area contributed by atoms with Crippen molar-refractivity contribution in [1.29, 1.82) is 0 Å². The molecule has 1 aromatic heterocycles. The minimum atomic E-state index is -0.394. The maximum Gasteiger partial charge on any atom is 0.496 e. The Hall–Kier alpha value is -1.73. The Morgan fingerprint density at radius 2 is 1.68 bits per heavy atom. The second-order valence-electron chi connectivity index (χ2n) is 8.68. The molecule has 0 unspecified atom stereocenters. The van der Waals surface area contributed by atoms with E-state index in [9.17, 15) is 0 Å². The van der Waals surface area contributed by atoms with Gasteiger partial charge in [0, 0.05) is 37.5 Å². The Labute approximate surface area is 168 Å². The van der Waals surface area contributed by atoms with Gasteiger partial charge in [-0.05, 0) is 50.5 Å². The lowest BCUT2D eigenvalue weighted by Crippen LogP contribution is -2.41. The highest BCUT2D eigenvalue weighted by Crippen LogP contribution is 2.36. The lowest BCUT2D eigenvalue weighted by Gasteiger charge is -2.32. The molecule has 3 heterocycles. The molecule has 28 heavy (non-hydrogen) atoms. The third kappa shape index (κ3) is 4.01. The first-order valence-corrected chi connectivity index (χ1v) is 10.0. The first-order chi connectivity index (χ1) is 13.3. The standard InChI is InChI=1S/C22H29BN2O3/c1-21(2)22(3,4)28-23(27-21)20-13-19(14-24-15-20)18-7-5-6-17(12-18)16-25-8-10-26-11-9-25/h5-7,12-15H,8-11,16H2,1-4H3. The van der Waals surface area contributed by atoms with Crippen LogP contribution in [0.3, 0.4) is 0 Å². The van der Waals surface area contributed by atoms with E-state index in [0.717, 1.165) is 49.4 Å². The summed E-state index contributed by atoms with van der Waals surface area (Å²) >= 11 is 0. The van der Waals surface area contributed by atoms with Gasteiger partial charge in [0.05, 0.1) is 24.4 Å². The van der Waals surface area contributed by atoms with Gasteiger partial charge in [-0.15, -0.1) is 0 Å². The molecule has 0 N–H and O–H groups in total. The van der Waals surface area contributed by atoms with E-state index in [0.29, 0.717) is 0 Å². The summed E-state index contributed by atoms with van der Waals surface area (Å²) < 4.78 is 17.8. The molecule has 5 nitrogen and oxygen atoms in total. The van der Waals surface area contributed by atoms with Crippen LogP contribution in [0.25, 0.3) is 11.1 Å². The van der Waals surface area contributed by atoms with Gasteiger partial charge in [0.15, 0.2) is 0 Å². The molecule has 0 atom stereocenters. The Morgan fingerprint density at radius 1 is 0.964 bits per heavy atom. The SMILES string of the molecule is CC1(C)OB(c2cncc(-c3cccc(CN4CCOCC4)c3)c2)OC1(C)C. The number of pyridine rings is 1. The Bertz CT molecular complexity index is 818. The average molecular weight is 380 g/mol. The zero-order valence-electron chi connectivity index (χ0n) is 17.3. The first kappa shape index (κ1) is 19.6. The zero-order valence-corrected chi connectivity index (χ0v) is 17.3. The van der Waals surface area contributed by atoms with Gasteiger partial charge in [-0.1, -0.05) is 24.3 Å². The normalized spacial score (nSPS) is 21.8. The molecule has 0 radical (unpaired) electrons. The van der Waals surface area contributed by atoms with Gasteiger partial charge in [0.25, 0.3) is 0 Å². The van der Waals surface area contributed by atoms with Gasteiger partial charge in [-0.3, -0.25) is 9.88 Å². The molecule has 2 aliphatic heterocycles. The molecule has 0 bridgehead atoms. The minimum absolute atomic E-state index is 0.355. The van der Waals surface area contributed by atoms with E-state index in [1.807, 2.05) is 12.4 Å². The summed E-state index contributed by atoms with van der Waals surface area (Å²) in [5.74, 6) is 0. The molecular formula is C22H29BN2O3. The summed E-state index contributed by atoms with van der Waals surface area (Å²) in [5.41, 5.74) is 3.79. The second-order valence-corrected chi connectivity index (χ2v) is 8.68. The molecule has 1 aromatic carbocycles. The van der Waals surface area contributed by atoms with E-state index in [1.165, 1.54) is 5.56 Å². The second kappa shape index (κ2) is 7.60. The molecule has 4 rings (SSSR count). The van der Waals surface area contributed by atoms with Crippen LogP contribution in [0.1, 0.15) is 33.3 Å². The van der Waals surface area contributed by atoms with E-state index in [4.69, 9.17) is 14.0 Å². The molecule has 0 aliphatic carbocycles. The number of nitrogens with zero attached hydrogens (tertiary/aromatic N) is 2. The van der Waals surface area contributed by atoms with Crippen LogP contribution in [0.2, 0.25) is 0 Å². The Balaban J connectivity index is 1.54. The van der Waals surface area contributed by atoms with Crippen molar-refractivity contribution >= 4 is 12.6 Å². The highest BCUT2D eigenvalue weighted by atomic mass is 16.7. The van der Waals surface area contributed by atoms with Crippen LogP contribution >= 0.6 is 0 Å². The molecule has 0 spiro atoms. The minimum Gasteiger partial charge on any atom is -0.399 e. The Morgan fingerprint density at radius 3 is 2.39 bits per heavy atom. The fraction of sp³-hybridized carbons (Fsp3) is 0.500. The van der Waals surface area contributed by atoms with Crippen molar-refractivity contribution in [2.75, 3.05) is 26.3 Å². The average Bonchev–Trinajstić information content (AvgIpc) is 2.90. The topological polar surface area (TPSA) is 43.8 Å². The van der Waals surface area contributed by atoms with E-state index in [-0.39, 0.29) is 11.2 Å². The third-order valence-corrected chi connectivity index (χ3v) is 6.06. The van der Waals surface area contributed by atoms with Crippen LogP contribution in [0, 0.1) is 0 Å². The van der Waals surface area contributed by atoms with Gasteiger partial charge in [-0.25, -0.2) is 0 Å². The third-order valence-electron chi connectivity index (χ3n) is 6.06. The van der Waals surface area contributed by atoms with Crippen LogP contribution in [0.15, 0.2) is 42.7 Å². The highest BCUT2D eigenvalue weighted by molar-refractivity contribution is 6.62. The summed E-state index contributed by atoms with van der Waals surface area (Å²) in [6.45, 7) is 12.8. The molecular weight excluding hydrogens is 351 g/mol. The molecule has 0 amide bonds. The number of aromatic nitrogens is 1. The fourth-order valence-corrected chi connectivity index (χ4v) is 3.59. The number of hydrogen-bond acceptors (Lipinski definition) is 5. The maximum absolute atomic E-state index is 6.18. The lowest BCUT2D eigenvalue weighted by molar-refractivity contribution is 0.00578. The van der Waals surface area contributed by atoms with Crippen molar-refractivity contribution in [3.63, 3.8) is 0 Å². The number of ether oxygens (including phenoxy) is 1. The van der Waals surface area contributed by atoms with Crippen LogP contribution in [0.4, 0.5) is 0 Å². The summed E-state index contributed by atoms with van der Waals surface area (Å²) in [7, 11) is -0.394. The van der Waals surface area contributed by atoms with Crippen LogP contribution < -0.4 is 5.46 Å². The molecule has 2 saturated heterocycles. The van der Waals surface area contributed by atoms with E-state index >= 15 is 0 Å². The maximum atomic E-state index is 6.18. The van der Waals surface area contributed by atoms with E-state index < -0.39 is 7.12 Å². The molecule has 2 aliphatic rings. The summed E-state index contributed by atoms with van der Waals surface area (Å²) in [4.78, 5) is 6.89. The molecule has 148 valence electrons. The molecule has 2 aromatic rings. The van der Waals surface area contributed by atoms with Gasteiger partial charge in [0.2, 0.25) is 0 Å². The van der Waals surface area contributed by atoms with Crippen molar-refractivity contribution in [2.45, 2.75) is 45.4 Å². The quantitative estimate of drug-likeness (QED) is 0.764. The van der Waals surface area contributed by atoms with Gasteiger partial charge in [0.1, 0.15) is 0 Å². The summed E-state index contributed by atoms with van der Waals surface area (Å²) in [6, 6.07) is 10.8. The Kier molecular flexibility index (Phi) is 5.31. The van der Waals surface area contributed by atoms with Crippen LogP contribution in [-0.4, -0.2) is 54.5 Å². The predicted molar refractivity (Wildman–Crippen MR) is 111 cm³/mol. The summed E-state index contributed by atoms with van der Waals surface area (Å²) in [5, 5.41) is 0. The van der Waals surface area contributed by atoms with E-state index in [2.05, 4.69) is 67.9 Å². The smallest absolute Gasteiger partial charge is 0.399 e. The number of rotatable bonds is 4. The van der Waals surface area contributed by atoms with E-state index in [1.54, 1.807) is 0 Å². The number of benzene rings is 1. The number of hydrogen-bond donors (Lipinski definition) is 0. The highest BCUT2D eigenvalue weighted by Gasteiger charge is 2.51. The zero-order chi connectivity index (χ0) is 19.8. The van der Waals surface area contributed by atoms with Crippen molar-refractivity contribution in [3.8, 4) is 11.1 Å². The summed E-state index contributed by atoms with van der Waals surface area (Å²) in [6.07, 6.45) is 3.74. The van der Waals surface area contributed by atoms with Gasteiger partial charge >= 0.3 is 7.12 Å². The molecule has 2 fully saturated rings. The van der Waals surface area contributed by atoms with Crippen LogP contribution in [0.5, 0.6) is 0 Å². The lowest BCUT2D eigenvalue weighted by atomic mass is 9.79. The monoisotopic (exact) mass is 380 g/mol. The predicted octanol–water partition coefficient (Wildman–Crippen LogP) is 2.88. The molecule has 6 heteroatoms. The van der Waals surface area contributed by atoms with Crippen molar-refractivity contribution in [2.24, 2.45) is 0 Å². The van der Waals surface area contributed by atoms with Gasteiger partial charge in [-0.2, -0.15) is 0 Å². The number of morpholine rings is 1. The van der Waals surface area contributed by atoms with Crippen LogP contribution in [-0.2, 0) is 20.6 Å². The first-order valence-electron chi connectivity index (χ1n) is 10.0. The largest absolute Gasteiger partial charge is 0.496 e.